The number of rotatable bonds is 7. The minimum atomic E-state index is 0.327. The Balaban J connectivity index is 1.34. The van der Waals surface area contributed by atoms with Crippen molar-refractivity contribution in [3.8, 4) is 5.75 Å². The van der Waals surface area contributed by atoms with Crippen molar-refractivity contribution in [2.24, 2.45) is 5.92 Å². The van der Waals surface area contributed by atoms with Crippen LogP contribution in [0.1, 0.15) is 44.9 Å². The normalized spacial score (nSPS) is 19.6. The molecular formula is C27H32ClN3O2S. The molecule has 1 saturated heterocycles. The quantitative estimate of drug-likeness (QED) is 0.290. The fourth-order valence-electron chi connectivity index (χ4n) is 5.38. The molecule has 2 aliphatic rings. The minimum Gasteiger partial charge on any atom is -0.497 e. The summed E-state index contributed by atoms with van der Waals surface area (Å²) in [5.41, 5.74) is 2.81. The zero-order valence-corrected chi connectivity index (χ0v) is 21.3. The van der Waals surface area contributed by atoms with Gasteiger partial charge in [-0.1, -0.05) is 30.9 Å². The summed E-state index contributed by atoms with van der Waals surface area (Å²) in [4.78, 5) is 19.8. The Kier molecular flexibility index (Phi) is 7.35. The van der Waals surface area contributed by atoms with E-state index in [1.165, 1.54) is 32.1 Å². The van der Waals surface area contributed by atoms with Crippen LogP contribution in [0.25, 0.3) is 21.8 Å². The topological polar surface area (TPSA) is 54.5 Å². The molecule has 2 fully saturated rings. The molecular weight excluding hydrogens is 466 g/mol. The lowest BCUT2D eigenvalue weighted by Crippen LogP contribution is -2.47. The number of halogens is 1. The van der Waals surface area contributed by atoms with Crippen LogP contribution < -0.4 is 10.1 Å². The molecule has 0 spiro atoms. The number of fused-ring (bicyclic) bond motifs is 2. The lowest BCUT2D eigenvalue weighted by molar-refractivity contribution is -0.133. The molecule has 3 aromatic rings. The third kappa shape index (κ3) is 4.94. The number of amides is 1. The molecule has 1 aliphatic carbocycles. The summed E-state index contributed by atoms with van der Waals surface area (Å²) < 4.78 is 5.47. The van der Waals surface area contributed by atoms with Crippen molar-refractivity contribution in [3.63, 3.8) is 0 Å². The Morgan fingerprint density at radius 2 is 1.97 bits per heavy atom. The Morgan fingerprint density at radius 1 is 1.12 bits per heavy atom. The first kappa shape index (κ1) is 23.6. The summed E-state index contributed by atoms with van der Waals surface area (Å²) >= 11 is 8.25. The number of carbonyl (C=O) groups excluding carboxylic acids is 1. The van der Waals surface area contributed by atoms with Crippen molar-refractivity contribution in [2.45, 2.75) is 50.3 Å². The fourth-order valence-corrected chi connectivity index (χ4v) is 7.03. The van der Waals surface area contributed by atoms with E-state index in [1.54, 1.807) is 7.11 Å². The SMILES string of the molecule is COc1ccc2nc3cc(Cl)ccc3c(NCCCN3C(=O)CCSC3C3CCCCC3)c2c1. The van der Waals surface area contributed by atoms with Crippen LogP contribution in [-0.2, 0) is 4.79 Å². The molecule has 7 heteroatoms. The van der Waals surface area contributed by atoms with Gasteiger partial charge in [-0.05, 0) is 61.6 Å². The predicted molar refractivity (Wildman–Crippen MR) is 143 cm³/mol. The van der Waals surface area contributed by atoms with Gasteiger partial charge in [0.1, 0.15) is 5.75 Å². The van der Waals surface area contributed by atoms with E-state index >= 15 is 0 Å². The van der Waals surface area contributed by atoms with Gasteiger partial charge in [-0.3, -0.25) is 4.79 Å². The Labute approximate surface area is 210 Å². The number of nitrogens with zero attached hydrogens (tertiary/aromatic N) is 2. The van der Waals surface area contributed by atoms with Crippen LogP contribution in [-0.4, -0.2) is 47.1 Å². The van der Waals surface area contributed by atoms with Crippen LogP contribution in [0.15, 0.2) is 36.4 Å². The molecule has 0 radical (unpaired) electrons. The van der Waals surface area contributed by atoms with E-state index in [9.17, 15) is 4.79 Å². The predicted octanol–water partition coefficient (Wildman–Crippen LogP) is 6.72. The lowest BCUT2D eigenvalue weighted by atomic mass is 9.88. The molecule has 5 nitrogen and oxygen atoms in total. The van der Waals surface area contributed by atoms with Crippen molar-refractivity contribution >= 4 is 56.8 Å². The lowest BCUT2D eigenvalue weighted by Gasteiger charge is -2.41. The van der Waals surface area contributed by atoms with Gasteiger partial charge in [0.15, 0.2) is 0 Å². The number of aromatic nitrogens is 1. The third-order valence-corrected chi connectivity index (χ3v) is 8.76. The summed E-state index contributed by atoms with van der Waals surface area (Å²) in [6.45, 7) is 1.58. The molecule has 2 aromatic carbocycles. The highest BCUT2D eigenvalue weighted by Gasteiger charge is 2.34. The molecule has 2 heterocycles. The molecule has 1 saturated carbocycles. The van der Waals surface area contributed by atoms with E-state index in [0.717, 1.165) is 58.5 Å². The summed E-state index contributed by atoms with van der Waals surface area (Å²) in [6.07, 6.45) is 8.05. The van der Waals surface area contributed by atoms with Crippen molar-refractivity contribution in [2.75, 3.05) is 31.3 Å². The van der Waals surface area contributed by atoms with Gasteiger partial charge in [0.05, 0.1) is 29.2 Å². The highest BCUT2D eigenvalue weighted by molar-refractivity contribution is 8.00. The Morgan fingerprint density at radius 3 is 2.79 bits per heavy atom. The summed E-state index contributed by atoms with van der Waals surface area (Å²) in [5.74, 6) is 2.75. The average molecular weight is 498 g/mol. The van der Waals surface area contributed by atoms with E-state index in [0.29, 0.717) is 28.6 Å². The fraction of sp³-hybridized carbons (Fsp3) is 0.481. The van der Waals surface area contributed by atoms with E-state index < -0.39 is 0 Å². The molecule has 180 valence electrons. The van der Waals surface area contributed by atoms with Crippen LogP contribution >= 0.6 is 23.4 Å². The van der Waals surface area contributed by atoms with Crippen molar-refractivity contribution in [1.29, 1.82) is 0 Å². The third-order valence-electron chi connectivity index (χ3n) is 7.11. The van der Waals surface area contributed by atoms with Gasteiger partial charge in [0, 0.05) is 41.1 Å². The van der Waals surface area contributed by atoms with Gasteiger partial charge in [0.2, 0.25) is 5.91 Å². The number of hydrogen-bond donors (Lipinski definition) is 1. The second kappa shape index (κ2) is 10.6. The maximum atomic E-state index is 12.8. The number of carbonyl (C=O) groups is 1. The molecule has 34 heavy (non-hydrogen) atoms. The number of methoxy groups -OCH3 is 1. The average Bonchev–Trinajstić information content (AvgIpc) is 2.86. The largest absolute Gasteiger partial charge is 0.497 e. The Bertz CT molecular complexity index is 1180. The molecule has 0 bridgehead atoms. The van der Waals surface area contributed by atoms with Crippen molar-refractivity contribution in [3.05, 3.63) is 41.4 Å². The van der Waals surface area contributed by atoms with Gasteiger partial charge < -0.3 is 15.0 Å². The van der Waals surface area contributed by atoms with Gasteiger partial charge in [-0.15, -0.1) is 11.8 Å². The number of anilines is 1. The first-order valence-electron chi connectivity index (χ1n) is 12.4. The van der Waals surface area contributed by atoms with E-state index in [4.69, 9.17) is 21.3 Å². The summed E-state index contributed by atoms with van der Waals surface area (Å²) in [7, 11) is 1.68. The molecule has 5 rings (SSSR count). The van der Waals surface area contributed by atoms with Crippen LogP contribution in [0, 0.1) is 5.92 Å². The number of benzene rings is 2. The second-order valence-corrected chi connectivity index (χ2v) is 11.0. The minimum absolute atomic E-state index is 0.327. The van der Waals surface area contributed by atoms with Crippen LogP contribution in [0.5, 0.6) is 5.75 Å². The van der Waals surface area contributed by atoms with Crippen molar-refractivity contribution in [1.82, 2.24) is 9.88 Å². The molecule has 1 N–H and O–H groups in total. The van der Waals surface area contributed by atoms with Crippen molar-refractivity contribution < 1.29 is 9.53 Å². The zero-order valence-electron chi connectivity index (χ0n) is 19.7. The smallest absolute Gasteiger partial charge is 0.224 e. The van der Waals surface area contributed by atoms with Gasteiger partial charge >= 0.3 is 0 Å². The van der Waals surface area contributed by atoms with Crippen LogP contribution in [0.2, 0.25) is 5.02 Å². The summed E-state index contributed by atoms with van der Waals surface area (Å²) in [5, 5.41) is 6.76. The Hall–Kier alpha value is -2.18. The van der Waals surface area contributed by atoms with Crippen LogP contribution in [0.3, 0.4) is 0 Å². The molecule has 1 aliphatic heterocycles. The number of hydrogen-bond acceptors (Lipinski definition) is 5. The maximum absolute atomic E-state index is 12.8. The van der Waals surface area contributed by atoms with Gasteiger partial charge in [0.25, 0.3) is 0 Å². The maximum Gasteiger partial charge on any atom is 0.224 e. The molecule has 1 unspecified atom stereocenters. The monoisotopic (exact) mass is 497 g/mol. The highest BCUT2D eigenvalue weighted by atomic mass is 35.5. The van der Waals surface area contributed by atoms with E-state index in [2.05, 4.69) is 10.2 Å². The first-order valence-corrected chi connectivity index (χ1v) is 13.8. The van der Waals surface area contributed by atoms with Crippen LogP contribution in [0.4, 0.5) is 5.69 Å². The van der Waals surface area contributed by atoms with Gasteiger partial charge in [-0.2, -0.15) is 0 Å². The molecule has 1 atom stereocenters. The highest BCUT2D eigenvalue weighted by Crippen LogP contribution is 2.38. The summed E-state index contributed by atoms with van der Waals surface area (Å²) in [6, 6.07) is 11.8. The second-order valence-electron chi connectivity index (χ2n) is 9.31. The number of pyridine rings is 1. The number of thioether (sulfide) groups is 1. The molecule has 1 aromatic heterocycles. The number of ether oxygens (including phenoxy) is 1. The van der Waals surface area contributed by atoms with E-state index in [-0.39, 0.29) is 0 Å². The van der Waals surface area contributed by atoms with E-state index in [1.807, 2.05) is 48.2 Å². The first-order chi connectivity index (χ1) is 16.6. The zero-order chi connectivity index (χ0) is 23.5. The standard InChI is InChI=1S/C27H32ClN3O2S/c1-33-20-9-11-23-22(17-20)26(21-10-8-19(28)16-24(21)30-23)29-13-5-14-31-25(32)12-15-34-27(31)18-6-3-2-4-7-18/h8-11,16-18,27H,2-7,12-15H2,1H3,(H,29,30). The van der Waals surface area contributed by atoms with Gasteiger partial charge in [-0.25, -0.2) is 4.98 Å². The number of nitrogens with one attached hydrogen (secondary N) is 1. The molecule has 1 amide bonds.